The third-order valence-electron chi connectivity index (χ3n) is 3.70. The van der Waals surface area contributed by atoms with Crippen LogP contribution in [0.25, 0.3) is 0 Å². The van der Waals surface area contributed by atoms with Crippen molar-refractivity contribution >= 4 is 17.5 Å². The van der Waals surface area contributed by atoms with Gasteiger partial charge in [0.1, 0.15) is 0 Å². The molecule has 6 nitrogen and oxygen atoms in total. The molecule has 3 rings (SSSR count). The summed E-state index contributed by atoms with van der Waals surface area (Å²) in [5.74, 6) is -0.530. The predicted octanol–water partition coefficient (Wildman–Crippen LogP) is 1.83. The van der Waals surface area contributed by atoms with E-state index in [-0.39, 0.29) is 29.0 Å². The van der Waals surface area contributed by atoms with Crippen LogP contribution < -0.4 is 16.2 Å². The standard InChI is InChI=1S/C17H17N3O3/c1-10-2-3-11(16(22)19-13-4-5-13)8-14(10)20-17(23)12-6-7-18-15(21)9-12/h2-3,6-9,13H,4-5H2,1H3,(H,18,21)(H,19,22)(H,20,23). The van der Waals surface area contributed by atoms with Crippen LogP contribution in [0.2, 0.25) is 0 Å². The van der Waals surface area contributed by atoms with Crippen molar-refractivity contribution in [2.24, 2.45) is 0 Å². The molecule has 0 atom stereocenters. The molecule has 0 bridgehead atoms. The molecule has 23 heavy (non-hydrogen) atoms. The van der Waals surface area contributed by atoms with Crippen molar-refractivity contribution in [1.29, 1.82) is 0 Å². The number of aromatic amines is 1. The summed E-state index contributed by atoms with van der Waals surface area (Å²) in [6.45, 7) is 1.84. The molecule has 3 N–H and O–H groups in total. The topological polar surface area (TPSA) is 91.1 Å². The molecule has 1 aliphatic carbocycles. The Bertz CT molecular complexity index is 822. The molecule has 0 radical (unpaired) electrons. The normalized spacial score (nSPS) is 13.4. The van der Waals surface area contributed by atoms with Gasteiger partial charge in [0, 0.05) is 35.1 Å². The second-order valence-electron chi connectivity index (χ2n) is 5.67. The maximum atomic E-state index is 12.2. The van der Waals surface area contributed by atoms with Crippen LogP contribution in [0.3, 0.4) is 0 Å². The Morgan fingerprint density at radius 3 is 2.52 bits per heavy atom. The third-order valence-corrected chi connectivity index (χ3v) is 3.70. The molecule has 1 heterocycles. The molecule has 1 fully saturated rings. The number of pyridine rings is 1. The van der Waals surface area contributed by atoms with Crippen LogP contribution in [-0.4, -0.2) is 22.8 Å². The van der Waals surface area contributed by atoms with E-state index in [4.69, 9.17) is 0 Å². The lowest BCUT2D eigenvalue weighted by Crippen LogP contribution is -2.25. The van der Waals surface area contributed by atoms with Gasteiger partial charge in [-0.25, -0.2) is 0 Å². The van der Waals surface area contributed by atoms with E-state index < -0.39 is 0 Å². The molecule has 1 aromatic heterocycles. The van der Waals surface area contributed by atoms with Gasteiger partial charge in [-0.1, -0.05) is 6.07 Å². The van der Waals surface area contributed by atoms with Crippen LogP contribution >= 0.6 is 0 Å². The highest BCUT2D eigenvalue weighted by Crippen LogP contribution is 2.21. The number of anilines is 1. The zero-order valence-corrected chi connectivity index (χ0v) is 12.7. The number of carbonyl (C=O) groups excluding carboxylic acids is 2. The summed E-state index contributed by atoms with van der Waals surface area (Å²) in [6.07, 6.45) is 3.46. The van der Waals surface area contributed by atoms with Crippen molar-refractivity contribution in [2.45, 2.75) is 25.8 Å². The zero-order chi connectivity index (χ0) is 16.4. The number of nitrogens with one attached hydrogen (secondary N) is 3. The zero-order valence-electron chi connectivity index (χ0n) is 12.7. The highest BCUT2D eigenvalue weighted by atomic mass is 16.2. The summed E-state index contributed by atoms with van der Waals surface area (Å²) in [5.41, 5.74) is 1.82. The Labute approximate surface area is 132 Å². The van der Waals surface area contributed by atoms with Gasteiger partial charge in [-0.05, 0) is 43.5 Å². The quantitative estimate of drug-likeness (QED) is 0.804. The van der Waals surface area contributed by atoms with E-state index in [1.807, 2.05) is 6.92 Å². The lowest BCUT2D eigenvalue weighted by molar-refractivity contribution is 0.0949. The van der Waals surface area contributed by atoms with Gasteiger partial charge in [0.15, 0.2) is 0 Å². The molecule has 1 aromatic carbocycles. The first kappa shape index (κ1) is 15.0. The summed E-state index contributed by atoms with van der Waals surface area (Å²) < 4.78 is 0. The van der Waals surface area contributed by atoms with Gasteiger partial charge in [0.2, 0.25) is 5.56 Å². The smallest absolute Gasteiger partial charge is 0.255 e. The van der Waals surface area contributed by atoms with Gasteiger partial charge in [-0.2, -0.15) is 0 Å². The van der Waals surface area contributed by atoms with E-state index in [9.17, 15) is 14.4 Å². The summed E-state index contributed by atoms with van der Waals surface area (Å²) in [4.78, 5) is 38.1. The molecule has 2 amide bonds. The van der Waals surface area contributed by atoms with Crippen LogP contribution in [-0.2, 0) is 0 Å². The first-order chi connectivity index (χ1) is 11.0. The second-order valence-corrected chi connectivity index (χ2v) is 5.67. The van der Waals surface area contributed by atoms with E-state index in [0.717, 1.165) is 18.4 Å². The van der Waals surface area contributed by atoms with Crippen LogP contribution in [0.1, 0.15) is 39.1 Å². The first-order valence-corrected chi connectivity index (χ1v) is 7.44. The maximum Gasteiger partial charge on any atom is 0.255 e. The highest BCUT2D eigenvalue weighted by Gasteiger charge is 2.24. The summed E-state index contributed by atoms with van der Waals surface area (Å²) in [6, 6.07) is 8.20. The Morgan fingerprint density at radius 2 is 1.83 bits per heavy atom. The number of H-pyrrole nitrogens is 1. The van der Waals surface area contributed by atoms with Crippen LogP contribution in [0.15, 0.2) is 41.3 Å². The number of benzene rings is 1. The van der Waals surface area contributed by atoms with Gasteiger partial charge in [-0.3, -0.25) is 14.4 Å². The van der Waals surface area contributed by atoms with Crippen molar-refractivity contribution in [2.75, 3.05) is 5.32 Å². The van der Waals surface area contributed by atoms with Gasteiger partial charge in [-0.15, -0.1) is 0 Å². The van der Waals surface area contributed by atoms with Crippen molar-refractivity contribution in [1.82, 2.24) is 10.3 Å². The Morgan fingerprint density at radius 1 is 1.09 bits per heavy atom. The fourth-order valence-corrected chi connectivity index (χ4v) is 2.17. The van der Waals surface area contributed by atoms with Crippen molar-refractivity contribution in [3.05, 3.63) is 63.6 Å². The van der Waals surface area contributed by atoms with Crippen LogP contribution in [0, 0.1) is 6.92 Å². The van der Waals surface area contributed by atoms with E-state index in [0.29, 0.717) is 11.3 Å². The predicted molar refractivity (Wildman–Crippen MR) is 86.7 cm³/mol. The van der Waals surface area contributed by atoms with Crippen LogP contribution in [0.5, 0.6) is 0 Å². The van der Waals surface area contributed by atoms with Crippen LogP contribution in [0.4, 0.5) is 5.69 Å². The van der Waals surface area contributed by atoms with E-state index in [2.05, 4.69) is 15.6 Å². The number of hydrogen-bond acceptors (Lipinski definition) is 3. The average Bonchev–Trinajstić information content (AvgIpc) is 3.33. The van der Waals surface area contributed by atoms with Gasteiger partial charge < -0.3 is 15.6 Å². The fourth-order valence-electron chi connectivity index (χ4n) is 2.17. The van der Waals surface area contributed by atoms with Gasteiger partial charge in [0.05, 0.1) is 0 Å². The molecular weight excluding hydrogens is 294 g/mol. The molecule has 1 saturated carbocycles. The first-order valence-electron chi connectivity index (χ1n) is 7.44. The summed E-state index contributed by atoms with van der Waals surface area (Å²) in [5, 5.41) is 5.66. The molecule has 0 saturated heterocycles. The molecule has 6 heteroatoms. The van der Waals surface area contributed by atoms with Crippen molar-refractivity contribution in [3.8, 4) is 0 Å². The maximum absolute atomic E-state index is 12.2. The molecule has 0 aliphatic heterocycles. The van der Waals surface area contributed by atoms with Crippen molar-refractivity contribution in [3.63, 3.8) is 0 Å². The van der Waals surface area contributed by atoms with Crippen molar-refractivity contribution < 1.29 is 9.59 Å². The number of rotatable bonds is 4. The largest absolute Gasteiger partial charge is 0.349 e. The van der Waals surface area contributed by atoms with Gasteiger partial charge >= 0.3 is 0 Å². The lowest BCUT2D eigenvalue weighted by atomic mass is 10.1. The van der Waals surface area contributed by atoms with E-state index >= 15 is 0 Å². The second kappa shape index (κ2) is 6.08. The molecule has 0 unspecified atom stereocenters. The molecule has 118 valence electrons. The minimum absolute atomic E-state index is 0.140. The Kier molecular flexibility index (Phi) is 3.97. The lowest BCUT2D eigenvalue weighted by Gasteiger charge is -2.11. The SMILES string of the molecule is Cc1ccc(C(=O)NC2CC2)cc1NC(=O)c1cc[nH]c(=O)c1. The number of aryl methyl sites for hydroxylation is 1. The molecule has 1 aliphatic rings. The molecule has 2 aromatic rings. The monoisotopic (exact) mass is 311 g/mol. The summed E-state index contributed by atoms with van der Waals surface area (Å²) >= 11 is 0. The average molecular weight is 311 g/mol. The Hall–Kier alpha value is -2.89. The number of aromatic nitrogens is 1. The molecular formula is C17H17N3O3. The minimum Gasteiger partial charge on any atom is -0.349 e. The fraction of sp³-hybridized carbons (Fsp3) is 0.235. The highest BCUT2D eigenvalue weighted by molar-refractivity contribution is 6.05. The number of hydrogen-bond donors (Lipinski definition) is 3. The number of amides is 2. The van der Waals surface area contributed by atoms with E-state index in [1.54, 1.807) is 18.2 Å². The third kappa shape index (κ3) is 3.66. The summed E-state index contributed by atoms with van der Waals surface area (Å²) in [7, 11) is 0. The van der Waals surface area contributed by atoms with E-state index in [1.165, 1.54) is 18.3 Å². The number of carbonyl (C=O) groups is 2. The molecule has 0 spiro atoms. The van der Waals surface area contributed by atoms with Gasteiger partial charge in [0.25, 0.3) is 11.8 Å². The Balaban J connectivity index is 1.79. The minimum atomic E-state index is -0.390.